The summed E-state index contributed by atoms with van der Waals surface area (Å²) in [7, 11) is 0. The van der Waals surface area contributed by atoms with E-state index in [-0.39, 0.29) is 18.4 Å². The van der Waals surface area contributed by atoms with Gasteiger partial charge in [0.05, 0.1) is 12.1 Å². The number of benzene rings is 1. The molecule has 3 rings (SSSR count). The van der Waals surface area contributed by atoms with Gasteiger partial charge in [-0.05, 0) is 12.5 Å². The van der Waals surface area contributed by atoms with Crippen molar-refractivity contribution in [1.82, 2.24) is 10.2 Å². The molecule has 0 unspecified atom stereocenters. The monoisotopic (exact) mass is 258 g/mol. The van der Waals surface area contributed by atoms with Crippen LogP contribution in [0, 0.1) is 0 Å². The molecule has 0 atom stereocenters. The molecule has 19 heavy (non-hydrogen) atoms. The smallest absolute Gasteiger partial charge is 0.258 e. The average molecular weight is 258 g/mol. The number of fused-ring (bicyclic) bond motifs is 1. The summed E-state index contributed by atoms with van der Waals surface area (Å²) in [5.41, 5.74) is 1.20. The highest BCUT2D eigenvalue weighted by Crippen LogP contribution is 2.22. The van der Waals surface area contributed by atoms with Crippen LogP contribution in [0.2, 0.25) is 0 Å². The Bertz CT molecular complexity index is 632. The number of carbonyl (C=O) groups is 2. The predicted octanol–water partition coefficient (Wildman–Crippen LogP) is 1.39. The first-order valence-electron chi connectivity index (χ1n) is 6.28. The van der Waals surface area contributed by atoms with Crippen LogP contribution in [0.1, 0.15) is 16.8 Å². The van der Waals surface area contributed by atoms with Crippen molar-refractivity contribution in [3.05, 3.63) is 36.1 Å². The molecule has 1 aromatic heterocycles. The van der Waals surface area contributed by atoms with E-state index >= 15 is 0 Å². The molecule has 98 valence electrons. The lowest BCUT2D eigenvalue weighted by atomic mass is 10.1. The molecular formula is C14H14N2O3. The lowest BCUT2D eigenvalue weighted by Crippen LogP contribution is -2.37. The lowest BCUT2D eigenvalue weighted by Gasteiger charge is -2.18. The van der Waals surface area contributed by atoms with Gasteiger partial charge >= 0.3 is 0 Å². The third-order valence-electron chi connectivity index (χ3n) is 3.26. The van der Waals surface area contributed by atoms with Crippen molar-refractivity contribution < 1.29 is 14.0 Å². The van der Waals surface area contributed by atoms with E-state index in [1.807, 2.05) is 24.3 Å². The Morgan fingerprint density at radius 1 is 1.32 bits per heavy atom. The highest BCUT2D eigenvalue weighted by Gasteiger charge is 2.23. The molecule has 5 heteroatoms. The van der Waals surface area contributed by atoms with Gasteiger partial charge in [-0.15, -0.1) is 0 Å². The zero-order chi connectivity index (χ0) is 13.2. The van der Waals surface area contributed by atoms with Crippen molar-refractivity contribution >= 4 is 22.8 Å². The molecule has 5 nitrogen and oxygen atoms in total. The average Bonchev–Trinajstić information content (AvgIpc) is 2.73. The summed E-state index contributed by atoms with van der Waals surface area (Å²) in [6.07, 6.45) is 2.24. The van der Waals surface area contributed by atoms with Gasteiger partial charge in [0.2, 0.25) is 5.91 Å². The van der Waals surface area contributed by atoms with Gasteiger partial charge < -0.3 is 14.6 Å². The lowest BCUT2D eigenvalue weighted by molar-refractivity contribution is -0.121. The molecule has 1 aliphatic heterocycles. The summed E-state index contributed by atoms with van der Waals surface area (Å²) >= 11 is 0. The fraction of sp³-hybridized carbons (Fsp3) is 0.286. The normalized spacial score (nSPS) is 16.2. The number of hydrogen-bond acceptors (Lipinski definition) is 3. The number of nitrogens with zero attached hydrogens (tertiary/aromatic N) is 1. The van der Waals surface area contributed by atoms with Crippen molar-refractivity contribution in [3.63, 3.8) is 0 Å². The molecule has 2 amide bonds. The topological polar surface area (TPSA) is 62.6 Å². The van der Waals surface area contributed by atoms with Gasteiger partial charge in [0.25, 0.3) is 5.91 Å². The van der Waals surface area contributed by atoms with E-state index < -0.39 is 0 Å². The summed E-state index contributed by atoms with van der Waals surface area (Å²) in [5.74, 6) is -0.263. The Morgan fingerprint density at radius 3 is 3.05 bits per heavy atom. The number of furan rings is 1. The van der Waals surface area contributed by atoms with Crippen molar-refractivity contribution in [2.24, 2.45) is 0 Å². The quantitative estimate of drug-likeness (QED) is 0.841. The third kappa shape index (κ3) is 2.19. The van der Waals surface area contributed by atoms with Crippen LogP contribution < -0.4 is 5.32 Å². The highest BCUT2D eigenvalue weighted by atomic mass is 16.3. The minimum absolute atomic E-state index is 0.109. The molecule has 1 aromatic carbocycles. The molecule has 0 aliphatic carbocycles. The maximum absolute atomic E-state index is 12.5. The first-order chi connectivity index (χ1) is 9.25. The van der Waals surface area contributed by atoms with E-state index in [4.69, 9.17) is 4.42 Å². The molecule has 0 saturated carbocycles. The van der Waals surface area contributed by atoms with Gasteiger partial charge in [-0.3, -0.25) is 9.59 Å². The zero-order valence-electron chi connectivity index (χ0n) is 10.4. The SMILES string of the molecule is O=C1CN(C(=O)c2coc3ccccc23)CCCN1. The number of para-hydroxylation sites is 1. The van der Waals surface area contributed by atoms with Crippen molar-refractivity contribution in [1.29, 1.82) is 0 Å². The molecule has 1 saturated heterocycles. The van der Waals surface area contributed by atoms with Gasteiger partial charge in [-0.2, -0.15) is 0 Å². The van der Waals surface area contributed by atoms with Crippen molar-refractivity contribution in [3.8, 4) is 0 Å². The maximum Gasteiger partial charge on any atom is 0.258 e. The van der Waals surface area contributed by atoms with Gasteiger partial charge in [0.15, 0.2) is 0 Å². The van der Waals surface area contributed by atoms with Crippen LogP contribution in [0.3, 0.4) is 0 Å². The van der Waals surface area contributed by atoms with Gasteiger partial charge in [-0.1, -0.05) is 18.2 Å². The molecule has 2 aromatic rings. The third-order valence-corrected chi connectivity index (χ3v) is 3.26. The van der Waals surface area contributed by atoms with Crippen LogP contribution in [-0.2, 0) is 4.79 Å². The number of rotatable bonds is 1. The van der Waals surface area contributed by atoms with Crippen LogP contribution in [0.15, 0.2) is 34.9 Å². The molecule has 0 spiro atoms. The van der Waals surface area contributed by atoms with Crippen LogP contribution in [0.5, 0.6) is 0 Å². The summed E-state index contributed by atoms with van der Waals surface area (Å²) in [4.78, 5) is 25.5. The van der Waals surface area contributed by atoms with E-state index in [0.29, 0.717) is 24.2 Å². The van der Waals surface area contributed by atoms with Crippen molar-refractivity contribution in [2.75, 3.05) is 19.6 Å². The Balaban J connectivity index is 1.92. The van der Waals surface area contributed by atoms with E-state index in [2.05, 4.69) is 5.32 Å². The number of nitrogens with one attached hydrogen (secondary N) is 1. The molecule has 0 radical (unpaired) electrons. The van der Waals surface area contributed by atoms with Crippen LogP contribution in [0.25, 0.3) is 11.0 Å². The predicted molar refractivity (Wildman–Crippen MR) is 69.7 cm³/mol. The van der Waals surface area contributed by atoms with E-state index in [1.165, 1.54) is 6.26 Å². The minimum atomic E-state index is -0.151. The van der Waals surface area contributed by atoms with Crippen LogP contribution in [-0.4, -0.2) is 36.3 Å². The Hall–Kier alpha value is -2.30. The standard InChI is InChI=1S/C14H14N2O3/c17-13-8-16(7-3-6-15-13)14(18)11-9-19-12-5-2-1-4-10(11)12/h1-2,4-5,9H,3,6-8H2,(H,15,17). The number of amides is 2. The van der Waals surface area contributed by atoms with E-state index in [9.17, 15) is 9.59 Å². The van der Waals surface area contributed by atoms with Gasteiger partial charge in [0, 0.05) is 18.5 Å². The Morgan fingerprint density at radius 2 is 2.16 bits per heavy atom. The van der Waals surface area contributed by atoms with Gasteiger partial charge in [-0.25, -0.2) is 0 Å². The second kappa shape index (κ2) is 4.76. The molecule has 1 aliphatic rings. The maximum atomic E-state index is 12.5. The van der Waals surface area contributed by atoms with Crippen LogP contribution in [0.4, 0.5) is 0 Å². The molecule has 2 heterocycles. The molecular weight excluding hydrogens is 244 g/mol. The summed E-state index contributed by atoms with van der Waals surface area (Å²) in [6, 6.07) is 7.40. The Labute approximate surface area is 110 Å². The summed E-state index contributed by atoms with van der Waals surface area (Å²) in [6.45, 7) is 1.31. The molecule has 1 N–H and O–H groups in total. The van der Waals surface area contributed by atoms with Crippen molar-refractivity contribution in [2.45, 2.75) is 6.42 Å². The minimum Gasteiger partial charge on any atom is -0.463 e. The van der Waals surface area contributed by atoms with E-state index in [1.54, 1.807) is 4.90 Å². The first-order valence-corrected chi connectivity index (χ1v) is 6.28. The zero-order valence-corrected chi connectivity index (χ0v) is 10.4. The fourth-order valence-corrected chi connectivity index (χ4v) is 2.29. The summed E-state index contributed by atoms with van der Waals surface area (Å²) < 4.78 is 5.37. The fourth-order valence-electron chi connectivity index (χ4n) is 2.29. The number of carbonyl (C=O) groups excluding carboxylic acids is 2. The first kappa shape index (κ1) is 11.8. The van der Waals surface area contributed by atoms with E-state index in [0.717, 1.165) is 11.8 Å². The largest absolute Gasteiger partial charge is 0.463 e. The molecule has 1 fully saturated rings. The summed E-state index contributed by atoms with van der Waals surface area (Å²) in [5, 5.41) is 3.54. The molecule has 0 bridgehead atoms. The Kier molecular flexibility index (Phi) is 2.95. The number of hydrogen-bond donors (Lipinski definition) is 1. The van der Waals surface area contributed by atoms with Gasteiger partial charge in [0.1, 0.15) is 11.8 Å². The highest BCUT2D eigenvalue weighted by molar-refractivity contribution is 6.06. The second-order valence-electron chi connectivity index (χ2n) is 4.58. The van der Waals surface area contributed by atoms with Crippen LogP contribution >= 0.6 is 0 Å². The second-order valence-corrected chi connectivity index (χ2v) is 4.58.